The molecule has 0 amide bonds. The molecule has 1 fully saturated rings. The van der Waals surface area contributed by atoms with Crippen LogP contribution in [0.4, 0.5) is 17.5 Å². The third kappa shape index (κ3) is 7.97. The van der Waals surface area contributed by atoms with E-state index < -0.39 is 16.5 Å². The van der Waals surface area contributed by atoms with Crippen LogP contribution in [-0.2, 0) is 10.4 Å². The number of aromatic nitrogens is 2. The fourth-order valence-electron chi connectivity index (χ4n) is 4.35. The summed E-state index contributed by atoms with van der Waals surface area (Å²) in [5.74, 6) is 2.26. The quantitative estimate of drug-likeness (QED) is 0.220. The Hall–Kier alpha value is -5.19. The summed E-state index contributed by atoms with van der Waals surface area (Å²) in [6.07, 6.45) is 0.193. The summed E-state index contributed by atoms with van der Waals surface area (Å²) < 4.78 is 49.2. The fraction of sp³-hybridized carbons (Fsp3) is 0.214. The highest BCUT2D eigenvalue weighted by Crippen LogP contribution is 2.46. The second-order valence-corrected chi connectivity index (χ2v) is 10.0. The van der Waals surface area contributed by atoms with E-state index in [1.54, 1.807) is 54.6 Å². The van der Waals surface area contributed by atoms with Crippen molar-refractivity contribution in [2.24, 2.45) is 0 Å². The van der Waals surface area contributed by atoms with Crippen LogP contribution in [0.15, 0.2) is 54.6 Å². The van der Waals surface area contributed by atoms with Gasteiger partial charge in [-0.25, -0.2) is 0 Å². The van der Waals surface area contributed by atoms with Gasteiger partial charge in [-0.2, -0.15) is 28.9 Å². The van der Waals surface area contributed by atoms with Crippen molar-refractivity contribution in [2.45, 2.75) is 12.5 Å². The first-order chi connectivity index (χ1) is 20.5. The predicted octanol–water partition coefficient (Wildman–Crippen LogP) is 3.84. The minimum atomic E-state index is -4.67. The molecule has 5 rings (SSSR count). The number of rotatable bonds is 7. The number of hydrogen-bond acceptors (Lipinski definition) is 12. The standard InChI is InChI=1S/C28H24N6O4.H2O4S/c1-36-23-12-19-11-18(15-30)5-8-22(19)26(37-2)27(23)38-25-13-24(34-10-9-21(35)16-34)32-28(33-25)31-20-6-3-17(14-29)4-7-20;1-5(2,3)4/h3-8,11-13,21,35H,9-10,16H2,1-2H3,(H,31,32,33);(H2,1,2,3,4). The molecule has 0 aliphatic carbocycles. The first kappa shape index (κ1) is 30.8. The van der Waals surface area contributed by atoms with Crippen molar-refractivity contribution in [1.82, 2.24) is 9.97 Å². The average molecular weight is 607 g/mol. The van der Waals surface area contributed by atoms with E-state index in [1.165, 1.54) is 14.2 Å². The van der Waals surface area contributed by atoms with E-state index in [0.717, 1.165) is 10.8 Å². The zero-order valence-corrected chi connectivity index (χ0v) is 23.7. The van der Waals surface area contributed by atoms with Crippen molar-refractivity contribution in [3.63, 3.8) is 0 Å². The first-order valence-electron chi connectivity index (χ1n) is 12.6. The van der Waals surface area contributed by atoms with E-state index in [4.69, 9.17) is 37.0 Å². The molecular formula is C28H26N6O8S. The largest absolute Gasteiger partial charge is 0.493 e. The van der Waals surface area contributed by atoms with Gasteiger partial charge in [-0.1, -0.05) is 0 Å². The predicted molar refractivity (Wildman–Crippen MR) is 155 cm³/mol. The fourth-order valence-corrected chi connectivity index (χ4v) is 4.35. The SMILES string of the molecule is COc1cc2cc(C#N)ccc2c(OC)c1Oc1cc(N2CCC(O)C2)nc(Nc2ccc(C#N)cc2)n1.O=S(=O)(O)O. The van der Waals surface area contributed by atoms with Crippen molar-refractivity contribution in [3.8, 4) is 35.3 Å². The molecular weight excluding hydrogens is 580 g/mol. The zero-order valence-electron chi connectivity index (χ0n) is 22.9. The Labute approximate surface area is 246 Å². The van der Waals surface area contributed by atoms with Crippen LogP contribution in [-0.4, -0.2) is 66.0 Å². The summed E-state index contributed by atoms with van der Waals surface area (Å²) in [6.45, 7) is 1.08. The molecule has 0 radical (unpaired) electrons. The summed E-state index contributed by atoms with van der Waals surface area (Å²) in [4.78, 5) is 11.2. The molecule has 43 heavy (non-hydrogen) atoms. The van der Waals surface area contributed by atoms with E-state index in [9.17, 15) is 10.4 Å². The third-order valence-electron chi connectivity index (χ3n) is 6.22. The van der Waals surface area contributed by atoms with E-state index in [0.29, 0.717) is 59.4 Å². The molecule has 1 atom stereocenters. The Morgan fingerprint density at radius 2 is 1.63 bits per heavy atom. The number of anilines is 3. The van der Waals surface area contributed by atoms with Crippen LogP contribution in [0.2, 0.25) is 0 Å². The van der Waals surface area contributed by atoms with Gasteiger partial charge >= 0.3 is 10.4 Å². The molecule has 0 bridgehead atoms. The maximum atomic E-state index is 10.1. The van der Waals surface area contributed by atoms with E-state index in [2.05, 4.69) is 27.4 Å². The number of nitrogens with one attached hydrogen (secondary N) is 1. The van der Waals surface area contributed by atoms with Gasteiger partial charge in [0.2, 0.25) is 17.6 Å². The normalized spacial score (nSPS) is 14.2. The number of aliphatic hydroxyl groups is 1. The lowest BCUT2D eigenvalue weighted by molar-refractivity contribution is 0.198. The van der Waals surface area contributed by atoms with Crippen molar-refractivity contribution in [3.05, 3.63) is 65.7 Å². The van der Waals surface area contributed by atoms with Crippen LogP contribution in [0.3, 0.4) is 0 Å². The van der Waals surface area contributed by atoms with Gasteiger partial charge in [-0.15, -0.1) is 0 Å². The molecule has 1 aromatic heterocycles. The van der Waals surface area contributed by atoms with Gasteiger partial charge in [0.15, 0.2) is 11.5 Å². The molecule has 3 aromatic carbocycles. The van der Waals surface area contributed by atoms with E-state index in [1.807, 2.05) is 4.90 Å². The smallest absolute Gasteiger partial charge is 0.394 e. The highest BCUT2D eigenvalue weighted by Gasteiger charge is 2.24. The lowest BCUT2D eigenvalue weighted by atomic mass is 10.1. The molecule has 222 valence electrons. The van der Waals surface area contributed by atoms with Crippen LogP contribution < -0.4 is 24.4 Å². The molecule has 0 spiro atoms. The first-order valence-corrected chi connectivity index (χ1v) is 14.0. The number of nitriles is 2. The summed E-state index contributed by atoms with van der Waals surface area (Å²) >= 11 is 0. The second-order valence-electron chi connectivity index (χ2n) is 9.13. The number of nitrogens with zero attached hydrogens (tertiary/aromatic N) is 5. The molecule has 1 aliphatic rings. The van der Waals surface area contributed by atoms with Gasteiger partial charge in [0.1, 0.15) is 5.82 Å². The van der Waals surface area contributed by atoms with Gasteiger partial charge in [0.05, 0.1) is 43.6 Å². The molecule has 4 N–H and O–H groups in total. The molecule has 15 heteroatoms. The third-order valence-corrected chi connectivity index (χ3v) is 6.22. The molecule has 1 unspecified atom stereocenters. The Morgan fingerprint density at radius 3 is 2.21 bits per heavy atom. The summed E-state index contributed by atoms with van der Waals surface area (Å²) in [7, 11) is -1.61. The van der Waals surface area contributed by atoms with E-state index in [-0.39, 0.29) is 11.8 Å². The van der Waals surface area contributed by atoms with Crippen LogP contribution in [0.25, 0.3) is 10.8 Å². The van der Waals surface area contributed by atoms with Crippen molar-refractivity contribution in [2.75, 3.05) is 37.5 Å². The van der Waals surface area contributed by atoms with E-state index >= 15 is 0 Å². The Kier molecular flexibility index (Phi) is 9.44. The monoisotopic (exact) mass is 606 g/mol. The van der Waals surface area contributed by atoms with Crippen molar-refractivity contribution in [1.29, 1.82) is 10.5 Å². The van der Waals surface area contributed by atoms with Crippen LogP contribution in [0, 0.1) is 22.7 Å². The molecule has 2 heterocycles. The molecule has 14 nitrogen and oxygen atoms in total. The zero-order chi connectivity index (χ0) is 31.1. The number of methoxy groups -OCH3 is 2. The number of ether oxygens (including phenoxy) is 3. The summed E-state index contributed by atoms with van der Waals surface area (Å²) in [5.41, 5.74) is 1.75. The van der Waals surface area contributed by atoms with Crippen molar-refractivity contribution >= 4 is 38.6 Å². The maximum Gasteiger partial charge on any atom is 0.394 e. The number of benzene rings is 3. The Bertz CT molecular complexity index is 1810. The topological polar surface area (TPSA) is 211 Å². The highest BCUT2D eigenvalue weighted by atomic mass is 32.3. The van der Waals surface area contributed by atoms with Crippen LogP contribution >= 0.6 is 0 Å². The number of fused-ring (bicyclic) bond motifs is 1. The lowest BCUT2D eigenvalue weighted by Gasteiger charge is -2.20. The second kappa shape index (κ2) is 13.2. The van der Waals surface area contributed by atoms with Gasteiger partial charge in [0.25, 0.3) is 0 Å². The van der Waals surface area contributed by atoms with Gasteiger partial charge in [-0.3, -0.25) is 9.11 Å². The number of hydrogen-bond donors (Lipinski definition) is 4. The summed E-state index contributed by atoms with van der Waals surface area (Å²) in [5, 5.41) is 33.1. The van der Waals surface area contributed by atoms with Crippen molar-refractivity contribution < 1.29 is 36.8 Å². The number of β-amino-alcohol motifs (C(OH)–C–C–N with tert-alkyl or cyclic N) is 1. The average Bonchev–Trinajstić information content (AvgIpc) is 3.42. The van der Waals surface area contributed by atoms with Gasteiger partial charge < -0.3 is 29.5 Å². The van der Waals surface area contributed by atoms with Gasteiger partial charge in [0, 0.05) is 30.2 Å². The minimum absolute atomic E-state index is 0.233. The highest BCUT2D eigenvalue weighted by molar-refractivity contribution is 7.79. The Morgan fingerprint density at radius 1 is 0.953 bits per heavy atom. The minimum Gasteiger partial charge on any atom is -0.493 e. The molecule has 1 saturated heterocycles. The molecule has 0 saturated carbocycles. The van der Waals surface area contributed by atoms with Gasteiger partial charge in [-0.05, 0) is 60.3 Å². The molecule has 4 aromatic rings. The van der Waals surface area contributed by atoms with Crippen LogP contribution in [0.1, 0.15) is 17.5 Å². The maximum absolute atomic E-state index is 10.1. The summed E-state index contributed by atoms with van der Waals surface area (Å²) in [6, 6.07) is 19.9. The van der Waals surface area contributed by atoms with Crippen LogP contribution in [0.5, 0.6) is 23.1 Å². The molecule has 1 aliphatic heterocycles. The Balaban J connectivity index is 0.000000782. The lowest BCUT2D eigenvalue weighted by Crippen LogP contribution is -2.22. The number of aliphatic hydroxyl groups excluding tert-OH is 1.